The molecule has 1 fully saturated rings. The van der Waals surface area contributed by atoms with E-state index in [2.05, 4.69) is 0 Å². The van der Waals surface area contributed by atoms with Gasteiger partial charge in [0.05, 0.1) is 4.92 Å². The van der Waals surface area contributed by atoms with Gasteiger partial charge in [-0.25, -0.2) is 8.78 Å². The van der Waals surface area contributed by atoms with Gasteiger partial charge in [-0.15, -0.1) is 0 Å². The first-order chi connectivity index (χ1) is 12.4. The molecule has 0 aliphatic heterocycles. The number of amides is 1. The number of non-ortho nitro benzene ring substituents is 1. The lowest BCUT2D eigenvalue weighted by Crippen LogP contribution is -2.31. The number of carbonyl (C=O) groups excluding carboxylic acids is 1. The molecular formula is C19H16F2N2O3. The summed E-state index contributed by atoms with van der Waals surface area (Å²) in [7, 11) is 0. The van der Waals surface area contributed by atoms with Gasteiger partial charge in [0.15, 0.2) is 0 Å². The van der Waals surface area contributed by atoms with Crippen molar-refractivity contribution in [3.63, 3.8) is 0 Å². The second-order valence-corrected chi connectivity index (χ2v) is 6.12. The number of nitro groups is 1. The Kier molecular flexibility index (Phi) is 5.06. The third-order valence-corrected chi connectivity index (χ3v) is 4.15. The van der Waals surface area contributed by atoms with Gasteiger partial charge in [-0.3, -0.25) is 14.9 Å². The van der Waals surface area contributed by atoms with Crippen LogP contribution in [0.2, 0.25) is 0 Å². The van der Waals surface area contributed by atoms with Gasteiger partial charge in [-0.1, -0.05) is 6.07 Å². The number of nitro benzene ring substituents is 1. The average Bonchev–Trinajstić information content (AvgIpc) is 3.44. The van der Waals surface area contributed by atoms with Crippen LogP contribution in [0.15, 0.2) is 48.5 Å². The highest BCUT2D eigenvalue weighted by molar-refractivity contribution is 5.92. The van der Waals surface area contributed by atoms with Gasteiger partial charge in [0.2, 0.25) is 5.91 Å². The van der Waals surface area contributed by atoms with Crippen molar-refractivity contribution < 1.29 is 18.5 Å². The number of carbonyl (C=O) groups is 1. The molecule has 5 nitrogen and oxygen atoms in total. The van der Waals surface area contributed by atoms with E-state index in [1.54, 1.807) is 23.1 Å². The van der Waals surface area contributed by atoms with Crippen LogP contribution in [0.1, 0.15) is 24.0 Å². The van der Waals surface area contributed by atoms with E-state index in [-0.39, 0.29) is 29.7 Å². The Morgan fingerprint density at radius 3 is 2.46 bits per heavy atom. The van der Waals surface area contributed by atoms with E-state index in [0.29, 0.717) is 5.56 Å². The van der Waals surface area contributed by atoms with Crippen LogP contribution < -0.4 is 0 Å². The molecule has 134 valence electrons. The fourth-order valence-corrected chi connectivity index (χ4v) is 2.58. The van der Waals surface area contributed by atoms with Crippen molar-refractivity contribution in [3.05, 3.63) is 81.4 Å². The molecule has 0 heterocycles. The zero-order valence-electron chi connectivity index (χ0n) is 13.8. The van der Waals surface area contributed by atoms with Crippen molar-refractivity contribution in [2.45, 2.75) is 25.4 Å². The molecule has 0 spiro atoms. The minimum Gasteiger partial charge on any atom is -0.332 e. The second kappa shape index (κ2) is 7.43. The van der Waals surface area contributed by atoms with Crippen molar-refractivity contribution in [1.29, 1.82) is 0 Å². The average molecular weight is 358 g/mol. The summed E-state index contributed by atoms with van der Waals surface area (Å²) in [5.41, 5.74) is 0.878. The van der Waals surface area contributed by atoms with Crippen LogP contribution in [0.5, 0.6) is 0 Å². The Balaban J connectivity index is 1.71. The van der Waals surface area contributed by atoms with Crippen LogP contribution in [-0.4, -0.2) is 21.8 Å². The third kappa shape index (κ3) is 4.30. The summed E-state index contributed by atoms with van der Waals surface area (Å²) in [6.07, 6.45) is 4.61. The van der Waals surface area contributed by atoms with E-state index in [1.807, 2.05) is 0 Å². The molecule has 0 N–H and O–H groups in total. The van der Waals surface area contributed by atoms with Gasteiger partial charge in [0.25, 0.3) is 5.69 Å². The topological polar surface area (TPSA) is 63.4 Å². The van der Waals surface area contributed by atoms with E-state index in [4.69, 9.17) is 0 Å². The molecular weight excluding hydrogens is 342 g/mol. The first-order valence-electron chi connectivity index (χ1n) is 8.11. The highest BCUT2D eigenvalue weighted by Gasteiger charge is 2.32. The standard InChI is InChI=1S/C19H16F2N2O3/c20-15-5-4-14(18(21)11-15)12-22(16-8-9-16)19(24)10-3-13-1-6-17(7-2-13)23(25)26/h1-7,10-11,16H,8-9,12H2/b10-3+. The minimum absolute atomic E-state index is 0.0279. The molecule has 0 atom stereocenters. The summed E-state index contributed by atoms with van der Waals surface area (Å²) in [5.74, 6) is -1.62. The quantitative estimate of drug-likeness (QED) is 0.444. The van der Waals surface area contributed by atoms with Crippen molar-refractivity contribution in [3.8, 4) is 0 Å². The summed E-state index contributed by atoms with van der Waals surface area (Å²) in [6, 6.07) is 9.17. The van der Waals surface area contributed by atoms with Crippen LogP contribution in [-0.2, 0) is 11.3 Å². The summed E-state index contributed by atoms with van der Waals surface area (Å²) in [5, 5.41) is 10.6. The molecule has 0 bridgehead atoms. The van der Waals surface area contributed by atoms with E-state index in [1.165, 1.54) is 30.3 Å². The predicted molar refractivity (Wildman–Crippen MR) is 92.1 cm³/mol. The maximum Gasteiger partial charge on any atom is 0.269 e. The van der Waals surface area contributed by atoms with Gasteiger partial charge in [0.1, 0.15) is 11.6 Å². The first-order valence-corrected chi connectivity index (χ1v) is 8.11. The Morgan fingerprint density at radius 1 is 1.19 bits per heavy atom. The third-order valence-electron chi connectivity index (χ3n) is 4.15. The molecule has 2 aromatic carbocycles. The van der Waals surface area contributed by atoms with Crippen molar-refractivity contribution in [1.82, 2.24) is 4.90 Å². The smallest absolute Gasteiger partial charge is 0.269 e. The number of rotatable bonds is 6. The molecule has 0 saturated heterocycles. The number of benzene rings is 2. The molecule has 1 aliphatic carbocycles. The maximum absolute atomic E-state index is 13.9. The number of hydrogen-bond donors (Lipinski definition) is 0. The minimum atomic E-state index is -0.678. The zero-order valence-corrected chi connectivity index (χ0v) is 13.8. The Hall–Kier alpha value is -3.09. The lowest BCUT2D eigenvalue weighted by atomic mass is 10.1. The molecule has 0 radical (unpaired) electrons. The molecule has 1 amide bonds. The molecule has 26 heavy (non-hydrogen) atoms. The van der Waals surface area contributed by atoms with Gasteiger partial charge >= 0.3 is 0 Å². The molecule has 1 saturated carbocycles. The van der Waals surface area contributed by atoms with E-state index >= 15 is 0 Å². The first kappa shape index (κ1) is 17.7. The zero-order chi connectivity index (χ0) is 18.7. The van der Waals surface area contributed by atoms with Crippen LogP contribution >= 0.6 is 0 Å². The lowest BCUT2D eigenvalue weighted by molar-refractivity contribution is -0.384. The highest BCUT2D eigenvalue weighted by Crippen LogP contribution is 2.29. The van der Waals surface area contributed by atoms with Crippen molar-refractivity contribution in [2.75, 3.05) is 0 Å². The van der Waals surface area contributed by atoms with Crippen LogP contribution in [0, 0.1) is 21.7 Å². The Bertz CT molecular complexity index is 862. The SMILES string of the molecule is O=C(/C=C/c1ccc([N+](=O)[O-])cc1)N(Cc1ccc(F)cc1F)C1CC1. The van der Waals surface area contributed by atoms with Crippen molar-refractivity contribution >= 4 is 17.7 Å². The van der Waals surface area contributed by atoms with Crippen molar-refractivity contribution in [2.24, 2.45) is 0 Å². The fourth-order valence-electron chi connectivity index (χ4n) is 2.58. The number of nitrogens with zero attached hydrogens (tertiary/aromatic N) is 2. The number of halogens is 2. The Labute approximate surface area is 148 Å². The van der Waals surface area contributed by atoms with E-state index in [9.17, 15) is 23.7 Å². The molecule has 7 heteroatoms. The van der Waals surface area contributed by atoms with Gasteiger partial charge in [0, 0.05) is 42.4 Å². The second-order valence-electron chi connectivity index (χ2n) is 6.12. The van der Waals surface area contributed by atoms with Gasteiger partial charge < -0.3 is 4.90 Å². The molecule has 0 aromatic heterocycles. The van der Waals surface area contributed by atoms with Crippen LogP contribution in [0.4, 0.5) is 14.5 Å². The van der Waals surface area contributed by atoms with Crippen LogP contribution in [0.25, 0.3) is 6.08 Å². The normalized spacial score (nSPS) is 13.8. The monoisotopic (exact) mass is 358 g/mol. The lowest BCUT2D eigenvalue weighted by Gasteiger charge is -2.21. The Morgan fingerprint density at radius 2 is 1.88 bits per heavy atom. The fraction of sp³-hybridized carbons (Fsp3) is 0.211. The van der Waals surface area contributed by atoms with E-state index in [0.717, 1.165) is 18.9 Å². The molecule has 3 rings (SSSR count). The van der Waals surface area contributed by atoms with Gasteiger partial charge in [-0.05, 0) is 42.7 Å². The maximum atomic E-state index is 13.9. The molecule has 1 aliphatic rings. The summed E-state index contributed by atoms with van der Waals surface area (Å²) in [6.45, 7) is 0.0697. The van der Waals surface area contributed by atoms with Crippen LogP contribution in [0.3, 0.4) is 0 Å². The number of hydrogen-bond acceptors (Lipinski definition) is 3. The molecule has 2 aromatic rings. The largest absolute Gasteiger partial charge is 0.332 e. The predicted octanol–water partition coefficient (Wildman–Crippen LogP) is 4.08. The summed E-state index contributed by atoms with van der Waals surface area (Å²) < 4.78 is 26.9. The van der Waals surface area contributed by atoms with E-state index < -0.39 is 16.6 Å². The highest BCUT2D eigenvalue weighted by atomic mass is 19.1. The summed E-state index contributed by atoms with van der Waals surface area (Å²) in [4.78, 5) is 24.2. The van der Waals surface area contributed by atoms with Gasteiger partial charge in [-0.2, -0.15) is 0 Å². The summed E-state index contributed by atoms with van der Waals surface area (Å²) >= 11 is 0. The molecule has 0 unspecified atom stereocenters.